The van der Waals surface area contributed by atoms with Crippen molar-refractivity contribution < 1.29 is 18.7 Å². The minimum absolute atomic E-state index is 0.176. The number of aromatic carboxylic acids is 1. The van der Waals surface area contributed by atoms with Crippen molar-refractivity contribution in [3.8, 4) is 0 Å². The van der Waals surface area contributed by atoms with Gasteiger partial charge in [-0.25, -0.2) is 18.6 Å². The van der Waals surface area contributed by atoms with E-state index in [-0.39, 0.29) is 22.4 Å². The molecule has 2 aromatic rings. The SMILES string of the molecule is O=C(O)c1cc(C2CC2)nc2c(F)ccc(F)c12. The van der Waals surface area contributed by atoms with Crippen molar-refractivity contribution in [3.05, 3.63) is 41.1 Å². The van der Waals surface area contributed by atoms with Crippen molar-refractivity contribution in [1.29, 1.82) is 0 Å². The molecule has 0 spiro atoms. The number of hydrogen-bond acceptors (Lipinski definition) is 2. The van der Waals surface area contributed by atoms with Gasteiger partial charge in [0.1, 0.15) is 17.2 Å². The van der Waals surface area contributed by atoms with E-state index < -0.39 is 17.6 Å². The number of nitrogens with zero attached hydrogens (tertiary/aromatic N) is 1. The van der Waals surface area contributed by atoms with E-state index in [1.54, 1.807) is 0 Å². The molecule has 1 aromatic carbocycles. The first-order valence-corrected chi connectivity index (χ1v) is 5.60. The van der Waals surface area contributed by atoms with Crippen LogP contribution in [0.1, 0.15) is 34.8 Å². The van der Waals surface area contributed by atoms with Gasteiger partial charge in [-0.2, -0.15) is 0 Å². The summed E-state index contributed by atoms with van der Waals surface area (Å²) in [5, 5.41) is 8.85. The standard InChI is InChI=1S/C13H9F2NO2/c14-8-3-4-9(15)12-11(8)7(13(17)18)5-10(16-12)6-1-2-6/h3-6H,1-2H2,(H,17,18). The summed E-state index contributed by atoms with van der Waals surface area (Å²) >= 11 is 0. The maximum atomic E-state index is 13.7. The van der Waals surface area contributed by atoms with E-state index >= 15 is 0 Å². The Morgan fingerprint density at radius 1 is 1.28 bits per heavy atom. The summed E-state index contributed by atoms with van der Waals surface area (Å²) in [5.41, 5.74) is 0.111. The number of pyridine rings is 1. The third kappa shape index (κ3) is 1.63. The molecular formula is C13H9F2NO2. The molecule has 0 unspecified atom stereocenters. The van der Waals surface area contributed by atoms with E-state index in [4.69, 9.17) is 5.11 Å². The number of halogens is 2. The Morgan fingerprint density at radius 2 is 1.94 bits per heavy atom. The molecule has 92 valence electrons. The lowest BCUT2D eigenvalue weighted by atomic mass is 10.1. The number of fused-ring (bicyclic) bond motifs is 1. The highest BCUT2D eigenvalue weighted by molar-refractivity contribution is 6.03. The van der Waals surface area contributed by atoms with Crippen LogP contribution in [0.15, 0.2) is 18.2 Å². The lowest BCUT2D eigenvalue weighted by Gasteiger charge is -2.07. The van der Waals surface area contributed by atoms with E-state index in [1.807, 2.05) is 0 Å². The van der Waals surface area contributed by atoms with Crippen LogP contribution in [-0.2, 0) is 0 Å². The van der Waals surface area contributed by atoms with Crippen molar-refractivity contribution in [2.75, 3.05) is 0 Å². The number of carboxylic acids is 1. The van der Waals surface area contributed by atoms with Crippen LogP contribution in [0.3, 0.4) is 0 Å². The van der Waals surface area contributed by atoms with Crippen molar-refractivity contribution >= 4 is 16.9 Å². The number of aromatic nitrogens is 1. The number of rotatable bonds is 2. The summed E-state index contributed by atoms with van der Waals surface area (Å²) in [6.45, 7) is 0. The van der Waals surface area contributed by atoms with Crippen LogP contribution in [0.2, 0.25) is 0 Å². The summed E-state index contributed by atoms with van der Waals surface area (Å²) in [6, 6.07) is 3.24. The number of benzene rings is 1. The topological polar surface area (TPSA) is 50.2 Å². The van der Waals surface area contributed by atoms with E-state index in [2.05, 4.69) is 4.98 Å². The number of carboxylic acid groups (broad SMARTS) is 1. The quantitative estimate of drug-likeness (QED) is 0.889. The Labute approximate surface area is 101 Å². The fraction of sp³-hybridized carbons (Fsp3) is 0.231. The first kappa shape index (κ1) is 11.1. The van der Waals surface area contributed by atoms with Crippen molar-refractivity contribution in [2.24, 2.45) is 0 Å². The zero-order valence-corrected chi connectivity index (χ0v) is 9.28. The van der Waals surface area contributed by atoms with Crippen LogP contribution in [-0.4, -0.2) is 16.1 Å². The highest BCUT2D eigenvalue weighted by Gasteiger charge is 2.28. The third-order valence-corrected chi connectivity index (χ3v) is 3.11. The van der Waals surface area contributed by atoms with Gasteiger partial charge < -0.3 is 5.11 Å². The molecule has 18 heavy (non-hydrogen) atoms. The molecule has 0 bridgehead atoms. The Morgan fingerprint density at radius 3 is 2.56 bits per heavy atom. The molecular weight excluding hydrogens is 240 g/mol. The Bertz CT molecular complexity index is 666. The second kappa shape index (κ2) is 3.73. The largest absolute Gasteiger partial charge is 0.478 e. The minimum atomic E-state index is -1.27. The van der Waals surface area contributed by atoms with Crippen molar-refractivity contribution in [1.82, 2.24) is 4.98 Å². The van der Waals surface area contributed by atoms with Crippen molar-refractivity contribution in [2.45, 2.75) is 18.8 Å². The Hall–Kier alpha value is -2.04. The zero-order valence-electron chi connectivity index (χ0n) is 9.28. The highest BCUT2D eigenvalue weighted by Crippen LogP contribution is 2.40. The molecule has 1 aliphatic carbocycles. The molecule has 1 N–H and O–H groups in total. The molecule has 0 atom stereocenters. The molecule has 1 saturated carbocycles. The van der Waals surface area contributed by atoms with Gasteiger partial charge in [-0.1, -0.05) is 0 Å². The van der Waals surface area contributed by atoms with Gasteiger partial charge in [0.15, 0.2) is 0 Å². The summed E-state index contributed by atoms with van der Waals surface area (Å²) in [4.78, 5) is 15.2. The molecule has 0 amide bonds. The smallest absolute Gasteiger partial charge is 0.336 e. The van der Waals surface area contributed by atoms with Crippen LogP contribution in [0, 0.1) is 11.6 Å². The summed E-state index contributed by atoms with van der Waals surface area (Å²) < 4.78 is 27.3. The van der Waals surface area contributed by atoms with Crippen molar-refractivity contribution in [3.63, 3.8) is 0 Å². The summed E-state index contributed by atoms with van der Waals surface area (Å²) in [7, 11) is 0. The lowest BCUT2D eigenvalue weighted by Crippen LogP contribution is -2.04. The summed E-state index contributed by atoms with van der Waals surface area (Å²) in [5.74, 6) is -2.56. The predicted octanol–water partition coefficient (Wildman–Crippen LogP) is 3.09. The number of hydrogen-bond donors (Lipinski definition) is 1. The van der Waals surface area contributed by atoms with Gasteiger partial charge in [0, 0.05) is 11.6 Å². The molecule has 0 aliphatic heterocycles. The molecule has 0 saturated heterocycles. The van der Waals surface area contributed by atoms with Gasteiger partial charge in [0.25, 0.3) is 0 Å². The molecule has 5 heteroatoms. The lowest BCUT2D eigenvalue weighted by molar-refractivity contribution is 0.0698. The average molecular weight is 249 g/mol. The van der Waals surface area contributed by atoms with Gasteiger partial charge in [-0.15, -0.1) is 0 Å². The van der Waals surface area contributed by atoms with Gasteiger partial charge >= 0.3 is 5.97 Å². The van der Waals surface area contributed by atoms with Gasteiger partial charge in [0.05, 0.1) is 10.9 Å². The van der Waals surface area contributed by atoms with Crippen LogP contribution >= 0.6 is 0 Å². The molecule has 1 fully saturated rings. The summed E-state index contributed by atoms with van der Waals surface area (Å²) in [6.07, 6.45) is 1.82. The molecule has 0 radical (unpaired) electrons. The van der Waals surface area contributed by atoms with Gasteiger partial charge in [0.2, 0.25) is 0 Å². The van der Waals surface area contributed by atoms with Gasteiger partial charge in [-0.3, -0.25) is 0 Å². The van der Waals surface area contributed by atoms with Crippen LogP contribution < -0.4 is 0 Å². The first-order chi connectivity index (χ1) is 8.58. The maximum absolute atomic E-state index is 13.7. The van der Waals surface area contributed by atoms with Gasteiger partial charge in [-0.05, 0) is 31.0 Å². The monoisotopic (exact) mass is 249 g/mol. The second-order valence-corrected chi connectivity index (χ2v) is 4.43. The molecule has 1 heterocycles. The minimum Gasteiger partial charge on any atom is -0.478 e. The molecule has 1 aromatic heterocycles. The van der Waals surface area contributed by atoms with Crippen LogP contribution in [0.4, 0.5) is 8.78 Å². The van der Waals surface area contributed by atoms with E-state index in [0.717, 1.165) is 25.0 Å². The third-order valence-electron chi connectivity index (χ3n) is 3.11. The molecule has 3 rings (SSSR count). The molecule has 1 aliphatic rings. The predicted molar refractivity (Wildman–Crippen MR) is 60.6 cm³/mol. The fourth-order valence-electron chi connectivity index (χ4n) is 2.04. The van der Waals surface area contributed by atoms with E-state index in [1.165, 1.54) is 6.07 Å². The van der Waals surface area contributed by atoms with Crippen LogP contribution in [0.25, 0.3) is 10.9 Å². The fourth-order valence-corrected chi connectivity index (χ4v) is 2.04. The highest BCUT2D eigenvalue weighted by atomic mass is 19.1. The van der Waals surface area contributed by atoms with E-state index in [0.29, 0.717) is 5.69 Å². The number of carbonyl (C=O) groups is 1. The zero-order chi connectivity index (χ0) is 12.9. The average Bonchev–Trinajstić information content (AvgIpc) is 3.16. The molecule has 3 nitrogen and oxygen atoms in total. The van der Waals surface area contributed by atoms with Crippen LogP contribution in [0.5, 0.6) is 0 Å². The first-order valence-electron chi connectivity index (χ1n) is 5.60. The maximum Gasteiger partial charge on any atom is 0.336 e. The Balaban J connectivity index is 2.40. The Kier molecular flexibility index (Phi) is 2.29. The normalized spacial score (nSPS) is 15.0. The van der Waals surface area contributed by atoms with E-state index in [9.17, 15) is 13.6 Å². The second-order valence-electron chi connectivity index (χ2n) is 4.43.